The number of ether oxygens (including phenoxy) is 2. The number of carbonyl (C=O) groups is 2. The minimum atomic E-state index is -0.919. The highest BCUT2D eigenvalue weighted by molar-refractivity contribution is 9.10. The largest absolute Gasteiger partial charge is 0.487 e. The molecular formula is C23H24BrN3O5. The Balaban J connectivity index is 1.63. The molecule has 3 aromatic rings. The minimum Gasteiger partial charge on any atom is -0.487 e. The second-order valence-corrected chi connectivity index (χ2v) is 8.52. The summed E-state index contributed by atoms with van der Waals surface area (Å²) < 4.78 is 14.1. The van der Waals surface area contributed by atoms with E-state index in [9.17, 15) is 14.7 Å². The molecule has 2 aromatic carbocycles. The number of carbonyl (C=O) groups excluding carboxylic acids is 1. The van der Waals surface area contributed by atoms with E-state index in [2.05, 4.69) is 15.9 Å². The number of halogens is 1. The molecule has 4 rings (SSSR count). The lowest BCUT2D eigenvalue weighted by Crippen LogP contribution is -2.27. The molecule has 0 radical (unpaired) electrons. The minimum absolute atomic E-state index is 0.0642. The Morgan fingerprint density at radius 1 is 1.25 bits per heavy atom. The van der Waals surface area contributed by atoms with Crippen molar-refractivity contribution < 1.29 is 24.2 Å². The van der Waals surface area contributed by atoms with Crippen molar-refractivity contribution in [2.75, 3.05) is 19.7 Å². The monoisotopic (exact) mass is 501 g/mol. The molecule has 0 bridgehead atoms. The number of aromatic nitrogens is 2. The van der Waals surface area contributed by atoms with Crippen molar-refractivity contribution in [1.82, 2.24) is 14.7 Å². The van der Waals surface area contributed by atoms with Crippen LogP contribution in [0.4, 0.5) is 4.79 Å². The third-order valence-corrected chi connectivity index (χ3v) is 6.01. The van der Waals surface area contributed by atoms with E-state index in [1.807, 2.05) is 47.1 Å². The molecule has 2 heterocycles. The van der Waals surface area contributed by atoms with Crippen LogP contribution < -0.4 is 4.74 Å². The lowest BCUT2D eigenvalue weighted by Gasteiger charge is -2.17. The van der Waals surface area contributed by atoms with Crippen molar-refractivity contribution in [2.45, 2.75) is 32.4 Å². The average molecular weight is 502 g/mol. The van der Waals surface area contributed by atoms with Gasteiger partial charge in [-0.1, -0.05) is 34.1 Å². The molecule has 9 heteroatoms. The lowest BCUT2D eigenvalue weighted by molar-refractivity contribution is -0.142. The van der Waals surface area contributed by atoms with Gasteiger partial charge in [0.25, 0.3) is 0 Å². The molecule has 168 valence electrons. The lowest BCUT2D eigenvalue weighted by atomic mass is 10.1. The van der Waals surface area contributed by atoms with Gasteiger partial charge in [0, 0.05) is 28.5 Å². The number of hydrogen-bond donors (Lipinski definition) is 1. The Morgan fingerprint density at radius 2 is 2.06 bits per heavy atom. The fourth-order valence-electron chi connectivity index (χ4n) is 3.99. The van der Waals surface area contributed by atoms with Gasteiger partial charge in [0.1, 0.15) is 12.4 Å². The van der Waals surface area contributed by atoms with E-state index < -0.39 is 6.09 Å². The smallest absolute Gasteiger partial charge is 0.407 e. The van der Waals surface area contributed by atoms with E-state index in [0.717, 1.165) is 26.6 Å². The third-order valence-electron chi connectivity index (χ3n) is 5.52. The Kier molecular flexibility index (Phi) is 6.64. The topological polar surface area (TPSA) is 93.9 Å². The maximum atomic E-state index is 12.0. The van der Waals surface area contributed by atoms with Gasteiger partial charge in [0.15, 0.2) is 0 Å². The van der Waals surface area contributed by atoms with Crippen LogP contribution >= 0.6 is 15.9 Å². The summed E-state index contributed by atoms with van der Waals surface area (Å²) in [7, 11) is 0. The van der Waals surface area contributed by atoms with Crippen LogP contribution in [0.25, 0.3) is 10.9 Å². The van der Waals surface area contributed by atoms with Gasteiger partial charge in [-0.15, -0.1) is 0 Å². The van der Waals surface area contributed by atoms with Gasteiger partial charge in [-0.05, 0) is 37.6 Å². The van der Waals surface area contributed by atoms with Crippen molar-refractivity contribution in [3.05, 3.63) is 58.2 Å². The molecule has 1 fully saturated rings. The molecule has 1 saturated heterocycles. The number of nitrogens with zero attached hydrogens (tertiary/aromatic N) is 3. The van der Waals surface area contributed by atoms with Crippen molar-refractivity contribution in [2.24, 2.45) is 0 Å². The zero-order valence-electron chi connectivity index (χ0n) is 17.7. The highest BCUT2D eigenvalue weighted by Gasteiger charge is 2.30. The van der Waals surface area contributed by atoms with E-state index in [1.165, 1.54) is 4.90 Å². The first-order valence-electron chi connectivity index (χ1n) is 10.5. The Hall–Kier alpha value is -3.07. The molecule has 0 aliphatic carbocycles. The standard InChI is InChI=1S/C23H24BrN3O5/c1-2-31-22(28)11-15-5-3-4-6-21(15)32-14-20-18-12-16(24)7-8-19(18)25-27(20)17-9-10-26(13-17)23(29)30/h3-8,12,17H,2,9-11,13-14H2,1H3,(H,29,30). The van der Waals surface area contributed by atoms with E-state index in [1.54, 1.807) is 6.92 Å². The second-order valence-electron chi connectivity index (χ2n) is 7.60. The quantitative estimate of drug-likeness (QED) is 0.482. The van der Waals surface area contributed by atoms with E-state index in [4.69, 9.17) is 14.6 Å². The summed E-state index contributed by atoms with van der Waals surface area (Å²) >= 11 is 3.52. The van der Waals surface area contributed by atoms with Gasteiger partial charge in [-0.3, -0.25) is 9.48 Å². The number of likely N-dealkylation sites (tertiary alicyclic amines) is 1. The number of para-hydroxylation sites is 1. The van der Waals surface area contributed by atoms with Crippen LogP contribution in [0, 0.1) is 0 Å². The number of rotatable bonds is 7. The molecule has 1 aliphatic heterocycles. The predicted octanol–water partition coefficient (Wildman–Crippen LogP) is 4.41. The number of carboxylic acid groups (broad SMARTS) is 1. The molecule has 1 amide bonds. The fraction of sp³-hybridized carbons (Fsp3) is 0.348. The number of hydrogen-bond acceptors (Lipinski definition) is 5. The average Bonchev–Trinajstić information content (AvgIpc) is 3.38. The summed E-state index contributed by atoms with van der Waals surface area (Å²) in [5, 5.41) is 15.0. The summed E-state index contributed by atoms with van der Waals surface area (Å²) in [6.07, 6.45) is -0.0997. The molecule has 1 N–H and O–H groups in total. The van der Waals surface area contributed by atoms with E-state index in [0.29, 0.717) is 31.9 Å². The molecule has 1 aliphatic rings. The van der Waals surface area contributed by atoms with Crippen LogP contribution in [-0.4, -0.2) is 51.5 Å². The third kappa shape index (κ3) is 4.72. The maximum Gasteiger partial charge on any atom is 0.407 e. The van der Waals surface area contributed by atoms with Crippen molar-refractivity contribution >= 4 is 38.9 Å². The van der Waals surface area contributed by atoms with Crippen LogP contribution in [0.15, 0.2) is 46.9 Å². The van der Waals surface area contributed by atoms with Crippen LogP contribution in [0.1, 0.15) is 30.6 Å². The Labute approximate surface area is 193 Å². The molecule has 8 nitrogen and oxygen atoms in total. The van der Waals surface area contributed by atoms with E-state index in [-0.39, 0.29) is 25.0 Å². The van der Waals surface area contributed by atoms with Gasteiger partial charge in [0.2, 0.25) is 0 Å². The molecule has 1 atom stereocenters. The number of fused-ring (bicyclic) bond motifs is 1. The normalized spacial score (nSPS) is 15.8. The highest BCUT2D eigenvalue weighted by Crippen LogP contribution is 2.30. The first-order valence-corrected chi connectivity index (χ1v) is 11.3. The number of esters is 1. The molecule has 1 unspecified atom stereocenters. The molecule has 1 aromatic heterocycles. The summed E-state index contributed by atoms with van der Waals surface area (Å²) in [5.74, 6) is 0.303. The maximum absolute atomic E-state index is 12.0. The van der Waals surface area contributed by atoms with E-state index >= 15 is 0 Å². The van der Waals surface area contributed by atoms with Crippen LogP contribution in [-0.2, 0) is 22.6 Å². The highest BCUT2D eigenvalue weighted by atomic mass is 79.9. The van der Waals surface area contributed by atoms with Crippen molar-refractivity contribution in [3.8, 4) is 5.75 Å². The van der Waals surface area contributed by atoms with Crippen molar-refractivity contribution in [3.63, 3.8) is 0 Å². The van der Waals surface area contributed by atoms with Gasteiger partial charge in [-0.2, -0.15) is 5.10 Å². The molecule has 0 saturated carbocycles. The SMILES string of the molecule is CCOC(=O)Cc1ccccc1OCc1c2cc(Br)ccc2nn1C1CCN(C(=O)O)C1. The van der Waals surface area contributed by atoms with Gasteiger partial charge < -0.3 is 19.5 Å². The zero-order valence-corrected chi connectivity index (χ0v) is 19.2. The van der Waals surface area contributed by atoms with Gasteiger partial charge in [-0.25, -0.2) is 4.79 Å². The predicted molar refractivity (Wildman–Crippen MR) is 122 cm³/mol. The second kappa shape index (κ2) is 9.60. The van der Waals surface area contributed by atoms with Gasteiger partial charge >= 0.3 is 12.1 Å². The zero-order chi connectivity index (χ0) is 22.7. The molecule has 32 heavy (non-hydrogen) atoms. The first-order chi connectivity index (χ1) is 15.5. The summed E-state index contributed by atoms with van der Waals surface area (Å²) in [5.41, 5.74) is 2.44. The van der Waals surface area contributed by atoms with Crippen LogP contribution in [0.2, 0.25) is 0 Å². The summed E-state index contributed by atoms with van der Waals surface area (Å²) in [4.78, 5) is 24.8. The molecule has 0 spiro atoms. The Bertz CT molecular complexity index is 1150. The fourth-order valence-corrected chi connectivity index (χ4v) is 4.35. The first kappa shape index (κ1) is 22.1. The van der Waals surface area contributed by atoms with Crippen LogP contribution in [0.5, 0.6) is 5.75 Å². The van der Waals surface area contributed by atoms with Crippen LogP contribution in [0.3, 0.4) is 0 Å². The Morgan fingerprint density at radius 3 is 2.81 bits per heavy atom. The number of benzene rings is 2. The summed E-state index contributed by atoms with van der Waals surface area (Å²) in [6.45, 7) is 3.20. The summed E-state index contributed by atoms with van der Waals surface area (Å²) in [6, 6.07) is 13.2. The van der Waals surface area contributed by atoms with Crippen molar-refractivity contribution in [1.29, 1.82) is 0 Å². The molecular weight excluding hydrogens is 478 g/mol. The number of amides is 1. The van der Waals surface area contributed by atoms with Gasteiger partial charge in [0.05, 0.1) is 30.3 Å².